The third-order valence-corrected chi connectivity index (χ3v) is 19.8. The van der Waals surface area contributed by atoms with Gasteiger partial charge in [-0.25, -0.2) is 8.78 Å². The van der Waals surface area contributed by atoms with Crippen LogP contribution < -0.4 is 42.2 Å². The van der Waals surface area contributed by atoms with Gasteiger partial charge in [-0.3, -0.25) is 48.4 Å². The Morgan fingerprint density at radius 1 is 0.554 bits per heavy atom. The summed E-state index contributed by atoms with van der Waals surface area (Å²) in [5.74, 6) is -0.960. The zero-order valence-corrected chi connectivity index (χ0v) is 54.6. The number of aromatic nitrogens is 2. The Morgan fingerprint density at radius 2 is 0.946 bits per heavy atom. The summed E-state index contributed by atoms with van der Waals surface area (Å²) < 4.78 is 39.4. The highest BCUT2D eigenvalue weighted by Gasteiger charge is 2.44. The van der Waals surface area contributed by atoms with E-state index in [1.165, 1.54) is 24.3 Å². The van der Waals surface area contributed by atoms with Crippen LogP contribution in [0.1, 0.15) is 88.0 Å². The highest BCUT2D eigenvalue weighted by Crippen LogP contribution is 2.41. The number of nitrogens with zero attached hydrogens (tertiary/aromatic N) is 8. The van der Waals surface area contributed by atoms with Crippen molar-refractivity contribution < 1.29 is 37.4 Å². The summed E-state index contributed by atoms with van der Waals surface area (Å²) in [5.41, 5.74) is 4.25. The maximum absolute atomic E-state index is 14.3. The van der Waals surface area contributed by atoms with Gasteiger partial charge in [0.15, 0.2) is 0 Å². The fraction of sp³-hybridized carbons (Fsp3) is 0.618. The predicted molar refractivity (Wildman–Crippen MR) is 349 cm³/mol. The lowest BCUT2D eigenvalue weighted by Gasteiger charge is -2.43. The van der Waals surface area contributed by atoms with Gasteiger partial charge in [0.1, 0.15) is 23.8 Å². The number of anilines is 2. The molecule has 6 atom stereocenters. The first kappa shape index (κ1) is 67.1. The van der Waals surface area contributed by atoms with Gasteiger partial charge in [0, 0.05) is 188 Å². The molecule has 5 saturated heterocycles. The first-order valence-corrected chi connectivity index (χ1v) is 33.4. The fourth-order valence-electron chi connectivity index (χ4n) is 14.5. The van der Waals surface area contributed by atoms with E-state index in [0.717, 1.165) is 74.6 Å². The third-order valence-electron chi connectivity index (χ3n) is 19.8. The zero-order valence-electron chi connectivity index (χ0n) is 54.6. The molecule has 0 saturated carbocycles. The van der Waals surface area contributed by atoms with Gasteiger partial charge in [0.2, 0.25) is 23.6 Å². The molecular weight excluding hydrogens is 1180 g/mol. The van der Waals surface area contributed by atoms with Crippen LogP contribution in [0.15, 0.2) is 70.3 Å². The quantitative estimate of drug-likeness (QED) is 0.0618. The van der Waals surface area contributed by atoms with Crippen LogP contribution in [0.5, 0.6) is 0 Å². The Kier molecular flexibility index (Phi) is 21.5. The molecule has 4 amide bonds. The number of pyridine rings is 2. The van der Waals surface area contributed by atoms with E-state index >= 15 is 0 Å². The second kappa shape index (κ2) is 29.5. The number of rotatable bonds is 22. The van der Waals surface area contributed by atoms with Crippen molar-refractivity contribution in [1.29, 1.82) is 0 Å². The first-order chi connectivity index (χ1) is 44.1. The van der Waals surface area contributed by atoms with Gasteiger partial charge < -0.3 is 60.3 Å². The van der Waals surface area contributed by atoms with Gasteiger partial charge >= 0.3 is 0 Å². The largest absolute Gasteiger partial charge is 0.366 e. The SMILES string of the molecule is C[C@@H]1CN(CC(=O)N2CC(C)(C)c3[nH]c(=O)c(Cc4ccc(F)cc4)cc32)[C@@H](CN2CCO[C@H](C(=O)NCCCN3CCN(CCCNC(=O)[C@@H]4CN(C[C@H]5CN[C@H](C)CN5CC(=O)N5CC(C)(C)c6[nH]c(=O)c(Cc7ccc(F)cc7)cc65)CCO4)CC3)C2)CN1. The molecular formula is C68H96F2N14O8. The van der Waals surface area contributed by atoms with Gasteiger partial charge in [-0.1, -0.05) is 52.0 Å². The minimum atomic E-state index is -0.587. The van der Waals surface area contributed by atoms with Crippen LogP contribution in [0.2, 0.25) is 0 Å². The number of hydrogen-bond acceptors (Lipinski definition) is 16. The highest BCUT2D eigenvalue weighted by molar-refractivity contribution is 5.98. The molecule has 0 bridgehead atoms. The third kappa shape index (κ3) is 16.6. The minimum absolute atomic E-state index is 0.0274. The number of aromatic amines is 2. The molecule has 0 radical (unpaired) electrons. The molecule has 92 heavy (non-hydrogen) atoms. The molecule has 5 fully saturated rings. The van der Waals surface area contributed by atoms with E-state index in [-0.39, 0.29) is 83.6 Å². The van der Waals surface area contributed by atoms with Crippen molar-refractivity contribution in [2.45, 2.75) is 114 Å². The Labute approximate surface area is 539 Å². The summed E-state index contributed by atoms with van der Waals surface area (Å²) in [4.78, 5) is 106. The number of H-pyrrole nitrogens is 2. The monoisotopic (exact) mass is 1270 g/mol. The van der Waals surface area contributed by atoms with Crippen LogP contribution in [0.25, 0.3) is 0 Å². The molecule has 2 aromatic heterocycles. The molecule has 0 unspecified atom stereocenters. The molecule has 2 aromatic carbocycles. The van der Waals surface area contributed by atoms with Crippen molar-refractivity contribution in [2.24, 2.45) is 0 Å². The van der Waals surface area contributed by atoms with E-state index in [9.17, 15) is 37.5 Å². The number of piperazine rings is 3. The smallest absolute Gasteiger partial charge is 0.251 e. The molecule has 0 spiro atoms. The van der Waals surface area contributed by atoms with Crippen LogP contribution in [-0.4, -0.2) is 257 Å². The van der Waals surface area contributed by atoms with E-state index in [4.69, 9.17) is 9.47 Å². The molecule has 4 aromatic rings. The lowest BCUT2D eigenvalue weighted by atomic mass is 9.91. The molecule has 24 heteroatoms. The number of carbonyl (C=O) groups is 4. The lowest BCUT2D eigenvalue weighted by molar-refractivity contribution is -0.139. The second-order valence-corrected chi connectivity index (χ2v) is 28.1. The van der Waals surface area contributed by atoms with Gasteiger partial charge in [0.05, 0.1) is 37.7 Å². The van der Waals surface area contributed by atoms with Crippen molar-refractivity contribution in [3.63, 3.8) is 0 Å². The van der Waals surface area contributed by atoms with Crippen LogP contribution in [0, 0.1) is 11.6 Å². The summed E-state index contributed by atoms with van der Waals surface area (Å²) >= 11 is 0. The molecule has 6 N–H and O–H groups in total. The van der Waals surface area contributed by atoms with Crippen LogP contribution in [0.3, 0.4) is 0 Å². The fourth-order valence-corrected chi connectivity index (χ4v) is 14.5. The van der Waals surface area contributed by atoms with Crippen molar-refractivity contribution >= 4 is 35.0 Å². The highest BCUT2D eigenvalue weighted by atomic mass is 19.1. The normalized spacial score (nSPS) is 25.0. The molecule has 7 aliphatic rings. The van der Waals surface area contributed by atoms with Crippen LogP contribution in [0.4, 0.5) is 20.2 Å². The average molecular weight is 1280 g/mol. The van der Waals surface area contributed by atoms with Crippen molar-refractivity contribution in [3.8, 4) is 0 Å². The summed E-state index contributed by atoms with van der Waals surface area (Å²) in [6.07, 6.45) is 1.11. The van der Waals surface area contributed by atoms with Gasteiger partial charge in [-0.2, -0.15) is 0 Å². The molecule has 22 nitrogen and oxygen atoms in total. The van der Waals surface area contributed by atoms with E-state index in [1.807, 2.05) is 49.6 Å². The number of hydrogen-bond donors (Lipinski definition) is 6. The lowest BCUT2D eigenvalue weighted by Crippen LogP contribution is -2.62. The van der Waals surface area contributed by atoms with E-state index in [1.54, 1.807) is 24.3 Å². The Morgan fingerprint density at radius 3 is 1.34 bits per heavy atom. The molecule has 500 valence electrons. The Bertz CT molecular complexity index is 3140. The summed E-state index contributed by atoms with van der Waals surface area (Å²) in [5, 5.41) is 13.5. The molecule has 9 heterocycles. The number of halogens is 2. The van der Waals surface area contributed by atoms with E-state index < -0.39 is 23.0 Å². The number of amides is 4. The predicted octanol–water partition coefficient (Wildman–Crippen LogP) is 1.83. The van der Waals surface area contributed by atoms with Gasteiger partial charge in [-0.05, 0) is 87.3 Å². The number of fused-ring (bicyclic) bond motifs is 2. The summed E-state index contributed by atoms with van der Waals surface area (Å²) in [7, 11) is 0. The standard InChI is InChI=1S/C68H96F2N14O8/c1-45-35-81(41-59(85)83-43-67(3,4)61-55(83)31-49(63(87)75-61)29-47-9-13-51(69)14-10-47)53(33-73-45)37-79-25-27-91-57(39-79)65(89)71-17-7-19-77-21-23-78(24-22-77)20-8-18-72-66(90)58-40-80(26-28-92-58)38-54-34-74-46(2)36-82(54)42-60(86)84-44-68(5,6)62-56(84)32-50(64(88)76-62)30-48-11-15-52(70)16-12-48/h9-16,31-32,45-46,53-54,57-58,73-74H,7-8,17-30,33-44H2,1-6H3,(H,71,89)(H,72,90)(H,75,87)(H,76,88)/t45-,46-,53-,54-,57+,58+/m1/s1. The summed E-state index contributed by atoms with van der Waals surface area (Å²) in [6, 6.07) is 16.3. The summed E-state index contributed by atoms with van der Waals surface area (Å²) in [6.45, 7) is 27.6. The van der Waals surface area contributed by atoms with E-state index in [0.29, 0.717) is 140 Å². The minimum Gasteiger partial charge on any atom is -0.366 e. The molecule has 7 aliphatic heterocycles. The average Bonchev–Trinajstić information content (AvgIpc) is 1.62. The molecule has 11 rings (SSSR count). The Hall–Kier alpha value is -6.32. The van der Waals surface area contributed by atoms with Gasteiger partial charge in [-0.15, -0.1) is 0 Å². The number of carbonyl (C=O) groups excluding carboxylic acids is 4. The number of benzene rings is 2. The van der Waals surface area contributed by atoms with Crippen LogP contribution >= 0.6 is 0 Å². The van der Waals surface area contributed by atoms with E-state index in [2.05, 4.69) is 74.5 Å². The second-order valence-electron chi connectivity index (χ2n) is 28.1. The maximum Gasteiger partial charge on any atom is 0.251 e. The number of nitrogens with one attached hydrogen (secondary N) is 6. The van der Waals surface area contributed by atoms with Crippen LogP contribution in [-0.2, 0) is 52.3 Å². The van der Waals surface area contributed by atoms with Crippen molar-refractivity contribution in [3.05, 3.63) is 127 Å². The zero-order chi connectivity index (χ0) is 64.8. The topological polar surface area (TPSA) is 226 Å². The maximum atomic E-state index is 14.3. The van der Waals surface area contributed by atoms with Gasteiger partial charge in [0.25, 0.3) is 11.1 Å². The Balaban J connectivity index is 0.567. The van der Waals surface area contributed by atoms with Crippen molar-refractivity contribution in [1.82, 2.24) is 60.6 Å². The first-order valence-electron chi connectivity index (χ1n) is 33.4. The number of ether oxygens (including phenoxy) is 2. The molecule has 0 aliphatic carbocycles. The number of morpholine rings is 2. The van der Waals surface area contributed by atoms with Crippen molar-refractivity contribution in [2.75, 3.05) is 167 Å².